The van der Waals surface area contributed by atoms with E-state index in [0.717, 1.165) is 39.7 Å². The number of hydrogen-bond donors (Lipinski definition) is 1. The Balaban J connectivity index is 2.39. The van der Waals surface area contributed by atoms with Crippen molar-refractivity contribution in [2.45, 2.75) is 25.3 Å². The molecule has 0 spiro atoms. The molecular weight excluding hydrogens is 266 g/mol. The van der Waals surface area contributed by atoms with Crippen molar-refractivity contribution in [3.63, 3.8) is 0 Å². The summed E-state index contributed by atoms with van der Waals surface area (Å²) in [6.07, 6.45) is 2.04. The minimum Gasteiger partial charge on any atom is -0.320 e. The summed E-state index contributed by atoms with van der Waals surface area (Å²) in [4.78, 5) is 8.98. The van der Waals surface area contributed by atoms with Crippen LogP contribution >= 0.6 is 15.9 Å². The van der Waals surface area contributed by atoms with Gasteiger partial charge in [-0.25, -0.2) is 9.97 Å². The Morgan fingerprint density at radius 3 is 2.75 bits per heavy atom. The molecular formula is C12H12BrN3. The summed E-state index contributed by atoms with van der Waals surface area (Å²) < 4.78 is 1.00. The van der Waals surface area contributed by atoms with E-state index in [1.165, 1.54) is 0 Å². The molecule has 1 aliphatic rings. The van der Waals surface area contributed by atoms with Crippen molar-refractivity contribution in [1.82, 2.24) is 9.97 Å². The minimum absolute atomic E-state index is 0.216. The van der Waals surface area contributed by atoms with Crippen LogP contribution in [0.15, 0.2) is 22.7 Å². The zero-order valence-corrected chi connectivity index (χ0v) is 10.6. The molecule has 0 saturated heterocycles. The van der Waals surface area contributed by atoms with Crippen molar-refractivity contribution < 1.29 is 0 Å². The van der Waals surface area contributed by atoms with Crippen molar-refractivity contribution in [2.75, 3.05) is 0 Å². The van der Waals surface area contributed by atoms with Crippen LogP contribution in [0.4, 0.5) is 0 Å². The highest BCUT2D eigenvalue weighted by molar-refractivity contribution is 9.10. The van der Waals surface area contributed by atoms with Gasteiger partial charge in [-0.05, 0) is 41.8 Å². The van der Waals surface area contributed by atoms with Gasteiger partial charge < -0.3 is 5.73 Å². The number of hydrogen-bond acceptors (Lipinski definition) is 3. The van der Waals surface area contributed by atoms with Crippen LogP contribution < -0.4 is 5.73 Å². The molecule has 3 nitrogen and oxygen atoms in total. The molecule has 2 aromatic rings. The predicted molar refractivity (Wildman–Crippen MR) is 67.1 cm³/mol. The minimum atomic E-state index is -0.216. The van der Waals surface area contributed by atoms with Gasteiger partial charge in [-0.1, -0.05) is 12.1 Å². The normalized spacial score (nSPS) is 17.7. The third-order valence-electron chi connectivity index (χ3n) is 3.05. The molecule has 0 bridgehead atoms. The SMILES string of the molecule is Cc1nc(C2(N)CC2)c2cccc(Br)c2n1. The van der Waals surface area contributed by atoms with Crippen molar-refractivity contribution in [3.8, 4) is 0 Å². The molecule has 0 atom stereocenters. The van der Waals surface area contributed by atoms with E-state index in [0.29, 0.717) is 0 Å². The van der Waals surface area contributed by atoms with Crippen LogP contribution in [0.2, 0.25) is 0 Å². The lowest BCUT2D eigenvalue weighted by atomic mass is 10.1. The first kappa shape index (κ1) is 10.2. The number of para-hydroxylation sites is 1. The molecule has 1 saturated carbocycles. The standard InChI is InChI=1S/C12H12BrN3/c1-7-15-10-8(3-2-4-9(10)13)11(16-7)12(14)5-6-12/h2-4H,5-6,14H2,1H3. The fourth-order valence-corrected chi connectivity index (χ4v) is 2.43. The van der Waals surface area contributed by atoms with E-state index >= 15 is 0 Å². The highest BCUT2D eigenvalue weighted by Crippen LogP contribution is 2.44. The molecule has 1 fully saturated rings. The lowest BCUT2D eigenvalue weighted by molar-refractivity contribution is 0.708. The molecule has 1 aromatic carbocycles. The summed E-state index contributed by atoms with van der Waals surface area (Å²) in [7, 11) is 0. The van der Waals surface area contributed by atoms with Gasteiger partial charge >= 0.3 is 0 Å². The van der Waals surface area contributed by atoms with Gasteiger partial charge in [-0.2, -0.15) is 0 Å². The van der Waals surface area contributed by atoms with Crippen LogP contribution in [0.1, 0.15) is 24.4 Å². The maximum absolute atomic E-state index is 6.25. The van der Waals surface area contributed by atoms with Gasteiger partial charge in [0.05, 0.1) is 16.7 Å². The Labute approximate surface area is 102 Å². The van der Waals surface area contributed by atoms with Crippen LogP contribution in [0.5, 0.6) is 0 Å². The largest absolute Gasteiger partial charge is 0.320 e. The lowest BCUT2D eigenvalue weighted by Gasteiger charge is -2.12. The van der Waals surface area contributed by atoms with Gasteiger partial charge in [-0.3, -0.25) is 0 Å². The Morgan fingerprint density at radius 2 is 2.06 bits per heavy atom. The van der Waals surface area contributed by atoms with Gasteiger partial charge in [0.15, 0.2) is 0 Å². The van der Waals surface area contributed by atoms with Crippen molar-refractivity contribution in [1.29, 1.82) is 0 Å². The molecule has 4 heteroatoms. The topological polar surface area (TPSA) is 51.8 Å². The first-order valence-corrected chi connectivity index (χ1v) is 6.12. The van der Waals surface area contributed by atoms with E-state index in [9.17, 15) is 0 Å². The predicted octanol–water partition coefficient (Wildman–Crippen LogP) is 2.65. The smallest absolute Gasteiger partial charge is 0.126 e. The maximum atomic E-state index is 6.25. The fourth-order valence-electron chi connectivity index (χ4n) is 1.98. The number of benzene rings is 1. The van der Waals surface area contributed by atoms with Crippen LogP contribution in [0.3, 0.4) is 0 Å². The molecule has 0 aliphatic heterocycles. The molecule has 0 radical (unpaired) electrons. The van der Waals surface area contributed by atoms with Crippen molar-refractivity contribution >= 4 is 26.8 Å². The summed E-state index contributed by atoms with van der Waals surface area (Å²) >= 11 is 3.52. The van der Waals surface area contributed by atoms with Gasteiger partial charge in [0, 0.05) is 9.86 Å². The summed E-state index contributed by atoms with van der Waals surface area (Å²) in [6, 6.07) is 6.04. The molecule has 1 aromatic heterocycles. The van der Waals surface area contributed by atoms with Gasteiger partial charge in [0.2, 0.25) is 0 Å². The average Bonchev–Trinajstić information content (AvgIpc) is 2.98. The van der Waals surface area contributed by atoms with Gasteiger partial charge in [0.1, 0.15) is 5.82 Å². The van der Waals surface area contributed by atoms with Crippen LogP contribution in [0.25, 0.3) is 10.9 Å². The molecule has 16 heavy (non-hydrogen) atoms. The number of nitrogens with two attached hydrogens (primary N) is 1. The second-order valence-corrected chi connectivity index (χ2v) is 5.27. The number of aromatic nitrogens is 2. The van der Waals surface area contributed by atoms with Crippen molar-refractivity contribution in [3.05, 3.63) is 34.2 Å². The molecule has 2 N–H and O–H groups in total. The molecule has 0 amide bonds. The highest BCUT2D eigenvalue weighted by Gasteiger charge is 2.43. The molecule has 1 aliphatic carbocycles. The Kier molecular flexibility index (Phi) is 2.06. The van der Waals surface area contributed by atoms with Crippen LogP contribution in [-0.4, -0.2) is 9.97 Å². The van der Waals surface area contributed by atoms with E-state index in [2.05, 4.69) is 25.9 Å². The highest BCUT2D eigenvalue weighted by atomic mass is 79.9. The summed E-state index contributed by atoms with van der Waals surface area (Å²) in [5.41, 5.74) is 7.99. The third-order valence-corrected chi connectivity index (χ3v) is 3.69. The first-order chi connectivity index (χ1) is 7.60. The first-order valence-electron chi connectivity index (χ1n) is 5.32. The monoisotopic (exact) mass is 277 g/mol. The zero-order valence-electron chi connectivity index (χ0n) is 9.00. The number of halogens is 1. The second-order valence-electron chi connectivity index (χ2n) is 4.41. The van der Waals surface area contributed by atoms with Crippen molar-refractivity contribution in [2.24, 2.45) is 5.73 Å². The fraction of sp³-hybridized carbons (Fsp3) is 0.333. The van der Waals surface area contributed by atoms with Gasteiger partial charge in [-0.15, -0.1) is 0 Å². The second kappa shape index (κ2) is 3.25. The molecule has 0 unspecified atom stereocenters. The quantitative estimate of drug-likeness (QED) is 0.872. The van der Waals surface area contributed by atoms with E-state index in [1.807, 2.05) is 25.1 Å². The average molecular weight is 278 g/mol. The zero-order chi connectivity index (χ0) is 11.3. The number of rotatable bonds is 1. The number of nitrogens with zero attached hydrogens (tertiary/aromatic N) is 2. The van der Waals surface area contributed by atoms with E-state index < -0.39 is 0 Å². The molecule has 1 heterocycles. The summed E-state index contributed by atoms with van der Waals surface area (Å²) in [5.74, 6) is 0.783. The Morgan fingerprint density at radius 1 is 1.31 bits per heavy atom. The summed E-state index contributed by atoms with van der Waals surface area (Å²) in [6.45, 7) is 1.91. The molecule has 3 rings (SSSR count). The van der Waals surface area contributed by atoms with Crippen LogP contribution in [0, 0.1) is 6.92 Å². The van der Waals surface area contributed by atoms with Crippen LogP contribution in [-0.2, 0) is 5.54 Å². The summed E-state index contributed by atoms with van der Waals surface area (Å²) in [5, 5.41) is 1.07. The lowest BCUT2D eigenvalue weighted by Crippen LogP contribution is -2.21. The third kappa shape index (κ3) is 1.44. The van der Waals surface area contributed by atoms with Gasteiger partial charge in [0.25, 0.3) is 0 Å². The van der Waals surface area contributed by atoms with E-state index in [1.54, 1.807) is 0 Å². The van der Waals surface area contributed by atoms with E-state index in [-0.39, 0.29) is 5.54 Å². The molecule has 82 valence electrons. The Hall–Kier alpha value is -1.00. The number of fused-ring (bicyclic) bond motifs is 1. The maximum Gasteiger partial charge on any atom is 0.126 e. The number of aryl methyl sites for hydroxylation is 1. The van der Waals surface area contributed by atoms with E-state index in [4.69, 9.17) is 5.73 Å². The Bertz CT molecular complexity index is 576.